The van der Waals surface area contributed by atoms with Gasteiger partial charge in [-0.2, -0.15) is 0 Å². The number of nitrogens with zero attached hydrogens (tertiary/aromatic N) is 3. The van der Waals surface area contributed by atoms with E-state index in [-0.39, 0.29) is 0 Å². The summed E-state index contributed by atoms with van der Waals surface area (Å²) in [5, 5.41) is 3.44. The number of rotatable bonds is 6. The molecule has 1 aliphatic carbocycles. The minimum absolute atomic E-state index is 0.383. The predicted octanol–water partition coefficient (Wildman–Crippen LogP) is 3.47. The molecule has 0 unspecified atom stereocenters. The molecule has 1 fully saturated rings. The average Bonchev–Trinajstić information content (AvgIpc) is 3.30. The van der Waals surface area contributed by atoms with Crippen molar-refractivity contribution in [2.45, 2.75) is 45.3 Å². The van der Waals surface area contributed by atoms with E-state index in [1.54, 1.807) is 6.33 Å². The Bertz CT molecular complexity index is 578. The number of hydrogen-bond acceptors (Lipinski definition) is 4. The first-order chi connectivity index (χ1) is 10.2. The highest BCUT2D eigenvalue weighted by Gasteiger charge is 2.22. The molecule has 0 bridgehead atoms. The number of anilines is 2. The highest BCUT2D eigenvalue weighted by Crippen LogP contribution is 2.25. The van der Waals surface area contributed by atoms with Gasteiger partial charge in [-0.25, -0.2) is 9.97 Å². The molecule has 0 radical (unpaired) electrons. The van der Waals surface area contributed by atoms with E-state index < -0.39 is 0 Å². The standard InChI is InChI=1S/C17H22N4/c1-13(2)21(11-14-6-4-3-5-7-14)17-10-16(18-12-19-17)20-15-8-9-15/h3-7,10,12-13,15H,8-9,11H2,1-2H3,(H,18,19,20). The van der Waals surface area contributed by atoms with Crippen molar-refractivity contribution in [2.24, 2.45) is 0 Å². The van der Waals surface area contributed by atoms with Crippen molar-refractivity contribution in [1.29, 1.82) is 0 Å². The second-order valence-corrected chi connectivity index (χ2v) is 5.89. The van der Waals surface area contributed by atoms with Gasteiger partial charge < -0.3 is 10.2 Å². The smallest absolute Gasteiger partial charge is 0.134 e. The lowest BCUT2D eigenvalue weighted by Crippen LogP contribution is -2.31. The van der Waals surface area contributed by atoms with E-state index in [0.29, 0.717) is 12.1 Å². The van der Waals surface area contributed by atoms with Crippen molar-refractivity contribution < 1.29 is 0 Å². The molecule has 4 heteroatoms. The molecule has 1 aromatic carbocycles. The Morgan fingerprint density at radius 2 is 1.95 bits per heavy atom. The largest absolute Gasteiger partial charge is 0.367 e. The van der Waals surface area contributed by atoms with Crippen molar-refractivity contribution in [3.8, 4) is 0 Å². The first kappa shape index (κ1) is 13.9. The summed E-state index contributed by atoms with van der Waals surface area (Å²) in [6.45, 7) is 5.25. The molecule has 21 heavy (non-hydrogen) atoms. The predicted molar refractivity (Wildman–Crippen MR) is 86.4 cm³/mol. The molecular weight excluding hydrogens is 260 g/mol. The summed E-state index contributed by atoms with van der Waals surface area (Å²) in [5.74, 6) is 1.91. The molecule has 0 spiro atoms. The first-order valence-corrected chi connectivity index (χ1v) is 7.61. The molecule has 0 amide bonds. The van der Waals surface area contributed by atoms with E-state index in [1.165, 1.54) is 18.4 Å². The SMILES string of the molecule is CC(C)N(Cc1ccccc1)c1cc(NC2CC2)ncn1. The molecule has 4 nitrogen and oxygen atoms in total. The van der Waals surface area contributed by atoms with Crippen LogP contribution in [0.2, 0.25) is 0 Å². The molecule has 1 saturated carbocycles. The normalized spacial score (nSPS) is 14.2. The summed E-state index contributed by atoms with van der Waals surface area (Å²) < 4.78 is 0. The van der Waals surface area contributed by atoms with Gasteiger partial charge in [-0.05, 0) is 32.3 Å². The minimum Gasteiger partial charge on any atom is -0.367 e. The van der Waals surface area contributed by atoms with E-state index >= 15 is 0 Å². The van der Waals surface area contributed by atoms with E-state index in [4.69, 9.17) is 0 Å². The number of nitrogens with one attached hydrogen (secondary N) is 1. The average molecular weight is 282 g/mol. The van der Waals surface area contributed by atoms with Crippen LogP contribution < -0.4 is 10.2 Å². The van der Waals surface area contributed by atoms with Crippen LogP contribution in [-0.4, -0.2) is 22.1 Å². The van der Waals surface area contributed by atoms with Gasteiger partial charge in [0, 0.05) is 24.7 Å². The zero-order valence-corrected chi connectivity index (χ0v) is 12.7. The molecule has 0 atom stereocenters. The molecule has 1 aliphatic rings. The van der Waals surface area contributed by atoms with E-state index in [0.717, 1.165) is 18.2 Å². The molecule has 0 aliphatic heterocycles. The maximum Gasteiger partial charge on any atom is 0.134 e. The molecule has 0 saturated heterocycles. The van der Waals surface area contributed by atoms with Gasteiger partial charge in [0.1, 0.15) is 18.0 Å². The lowest BCUT2D eigenvalue weighted by molar-refractivity contribution is 0.671. The number of aromatic nitrogens is 2. The van der Waals surface area contributed by atoms with Gasteiger partial charge in [-0.1, -0.05) is 30.3 Å². The van der Waals surface area contributed by atoms with Crippen molar-refractivity contribution in [3.63, 3.8) is 0 Å². The van der Waals surface area contributed by atoms with Gasteiger partial charge in [0.25, 0.3) is 0 Å². The van der Waals surface area contributed by atoms with Gasteiger partial charge in [-0.3, -0.25) is 0 Å². The first-order valence-electron chi connectivity index (χ1n) is 7.61. The topological polar surface area (TPSA) is 41.0 Å². The van der Waals surface area contributed by atoms with Crippen LogP contribution in [-0.2, 0) is 6.54 Å². The third-order valence-corrected chi connectivity index (χ3v) is 3.70. The van der Waals surface area contributed by atoms with Gasteiger partial charge >= 0.3 is 0 Å². The Morgan fingerprint density at radius 3 is 2.62 bits per heavy atom. The molecule has 3 rings (SSSR count). The van der Waals surface area contributed by atoms with Crippen LogP contribution >= 0.6 is 0 Å². The van der Waals surface area contributed by atoms with Crippen molar-refractivity contribution in [2.75, 3.05) is 10.2 Å². The zero-order chi connectivity index (χ0) is 14.7. The number of hydrogen-bond donors (Lipinski definition) is 1. The Balaban J connectivity index is 1.79. The summed E-state index contributed by atoms with van der Waals surface area (Å²) >= 11 is 0. The van der Waals surface area contributed by atoms with Crippen LogP contribution in [0.3, 0.4) is 0 Å². The van der Waals surface area contributed by atoms with E-state index in [9.17, 15) is 0 Å². The lowest BCUT2D eigenvalue weighted by atomic mass is 10.2. The quantitative estimate of drug-likeness (QED) is 0.881. The third-order valence-electron chi connectivity index (χ3n) is 3.70. The van der Waals surface area contributed by atoms with Crippen LogP contribution in [0.1, 0.15) is 32.3 Å². The van der Waals surface area contributed by atoms with Gasteiger partial charge in [0.2, 0.25) is 0 Å². The Kier molecular flexibility index (Phi) is 4.04. The van der Waals surface area contributed by atoms with Crippen LogP contribution in [0.4, 0.5) is 11.6 Å². The molecule has 2 aromatic rings. The monoisotopic (exact) mass is 282 g/mol. The van der Waals surface area contributed by atoms with Crippen molar-refractivity contribution >= 4 is 11.6 Å². The second-order valence-electron chi connectivity index (χ2n) is 5.89. The van der Waals surface area contributed by atoms with E-state index in [1.807, 2.05) is 6.07 Å². The maximum atomic E-state index is 4.46. The van der Waals surface area contributed by atoms with Crippen LogP contribution in [0.15, 0.2) is 42.7 Å². The summed E-state index contributed by atoms with van der Waals surface area (Å²) in [4.78, 5) is 11.1. The van der Waals surface area contributed by atoms with Gasteiger partial charge in [0.15, 0.2) is 0 Å². The summed E-state index contributed by atoms with van der Waals surface area (Å²) in [6.07, 6.45) is 4.15. The zero-order valence-electron chi connectivity index (χ0n) is 12.7. The maximum absolute atomic E-state index is 4.46. The van der Waals surface area contributed by atoms with Gasteiger partial charge in [0.05, 0.1) is 0 Å². The van der Waals surface area contributed by atoms with Crippen LogP contribution in [0, 0.1) is 0 Å². The van der Waals surface area contributed by atoms with Crippen molar-refractivity contribution in [1.82, 2.24) is 9.97 Å². The van der Waals surface area contributed by atoms with Crippen LogP contribution in [0.25, 0.3) is 0 Å². The summed E-state index contributed by atoms with van der Waals surface area (Å²) in [7, 11) is 0. The Hall–Kier alpha value is -2.10. The molecule has 1 heterocycles. The second kappa shape index (κ2) is 6.12. The summed E-state index contributed by atoms with van der Waals surface area (Å²) in [6, 6.07) is 13.6. The van der Waals surface area contributed by atoms with Crippen LogP contribution in [0.5, 0.6) is 0 Å². The molecule has 1 aromatic heterocycles. The lowest BCUT2D eigenvalue weighted by Gasteiger charge is -2.28. The van der Waals surface area contributed by atoms with E-state index in [2.05, 4.69) is 64.4 Å². The Labute approximate surface area is 126 Å². The highest BCUT2D eigenvalue weighted by atomic mass is 15.2. The summed E-state index contributed by atoms with van der Waals surface area (Å²) in [5.41, 5.74) is 1.29. The van der Waals surface area contributed by atoms with Crippen molar-refractivity contribution in [3.05, 3.63) is 48.3 Å². The fraction of sp³-hybridized carbons (Fsp3) is 0.412. The third kappa shape index (κ3) is 3.72. The molecular formula is C17H22N4. The van der Waals surface area contributed by atoms with Gasteiger partial charge in [-0.15, -0.1) is 0 Å². The Morgan fingerprint density at radius 1 is 1.19 bits per heavy atom. The highest BCUT2D eigenvalue weighted by molar-refractivity contribution is 5.50. The minimum atomic E-state index is 0.383. The fourth-order valence-electron chi connectivity index (χ4n) is 2.33. The molecule has 110 valence electrons. The molecule has 1 N–H and O–H groups in total. The fourth-order valence-corrected chi connectivity index (χ4v) is 2.33. The number of benzene rings is 1.